The van der Waals surface area contributed by atoms with E-state index >= 15 is 0 Å². The zero-order valence-corrected chi connectivity index (χ0v) is 10.9. The second-order valence-electron chi connectivity index (χ2n) is 4.06. The third-order valence-electron chi connectivity index (χ3n) is 2.49. The van der Waals surface area contributed by atoms with Crippen molar-refractivity contribution < 1.29 is 5.11 Å². The quantitative estimate of drug-likeness (QED) is 0.838. The number of rotatable bonds is 5. The second kappa shape index (κ2) is 5.85. The smallest absolute Gasteiger partial charge is 0.0931 e. The van der Waals surface area contributed by atoms with Gasteiger partial charge in [-0.1, -0.05) is 25.4 Å². The molecule has 2 atom stereocenters. The molecule has 2 unspecified atom stereocenters. The van der Waals surface area contributed by atoms with Crippen molar-refractivity contribution in [3.05, 3.63) is 21.3 Å². The molecule has 1 heterocycles. The standard InChI is InChI=1S/C11H18ClNOS/c1-7(2)9(6-14)13-8(3)10-4-5-11(12)15-10/h4-5,7-9,13-14H,6H2,1-3H3. The highest BCUT2D eigenvalue weighted by atomic mass is 35.5. The van der Waals surface area contributed by atoms with Crippen LogP contribution >= 0.6 is 22.9 Å². The molecule has 1 aromatic rings. The first-order chi connectivity index (χ1) is 7.04. The molecule has 15 heavy (non-hydrogen) atoms. The Labute approximate surface area is 100 Å². The van der Waals surface area contributed by atoms with Gasteiger partial charge in [0.1, 0.15) is 0 Å². The van der Waals surface area contributed by atoms with E-state index in [1.54, 1.807) is 11.3 Å². The van der Waals surface area contributed by atoms with E-state index in [0.717, 1.165) is 4.34 Å². The van der Waals surface area contributed by atoms with Gasteiger partial charge in [-0.2, -0.15) is 0 Å². The molecule has 0 aromatic carbocycles. The number of thiophene rings is 1. The Morgan fingerprint density at radius 3 is 2.47 bits per heavy atom. The average molecular weight is 248 g/mol. The molecule has 0 radical (unpaired) electrons. The van der Waals surface area contributed by atoms with Crippen LogP contribution < -0.4 is 5.32 Å². The van der Waals surface area contributed by atoms with Crippen LogP contribution in [0.3, 0.4) is 0 Å². The minimum Gasteiger partial charge on any atom is -0.395 e. The van der Waals surface area contributed by atoms with Gasteiger partial charge < -0.3 is 10.4 Å². The average Bonchev–Trinajstić information content (AvgIpc) is 2.60. The minimum absolute atomic E-state index is 0.140. The predicted octanol–water partition coefficient (Wildman–Crippen LogP) is 3.07. The summed E-state index contributed by atoms with van der Waals surface area (Å²) < 4.78 is 0.809. The van der Waals surface area contributed by atoms with Crippen LogP contribution in [-0.4, -0.2) is 17.8 Å². The summed E-state index contributed by atoms with van der Waals surface area (Å²) in [7, 11) is 0. The number of hydrogen-bond acceptors (Lipinski definition) is 3. The van der Waals surface area contributed by atoms with Gasteiger partial charge in [-0.05, 0) is 25.0 Å². The maximum Gasteiger partial charge on any atom is 0.0931 e. The van der Waals surface area contributed by atoms with Crippen molar-refractivity contribution in [1.29, 1.82) is 0 Å². The molecular formula is C11H18ClNOS. The molecule has 0 amide bonds. The summed E-state index contributed by atoms with van der Waals surface area (Å²) in [4.78, 5) is 1.21. The fraction of sp³-hybridized carbons (Fsp3) is 0.636. The first kappa shape index (κ1) is 13.0. The van der Waals surface area contributed by atoms with Gasteiger partial charge in [0.25, 0.3) is 0 Å². The zero-order valence-electron chi connectivity index (χ0n) is 9.33. The number of halogens is 1. The summed E-state index contributed by atoms with van der Waals surface area (Å²) in [5, 5.41) is 12.6. The van der Waals surface area contributed by atoms with E-state index in [0.29, 0.717) is 5.92 Å². The van der Waals surface area contributed by atoms with Gasteiger partial charge in [0, 0.05) is 17.0 Å². The number of hydrogen-bond donors (Lipinski definition) is 2. The molecule has 0 spiro atoms. The lowest BCUT2D eigenvalue weighted by molar-refractivity contribution is 0.202. The third kappa shape index (κ3) is 3.76. The lowest BCUT2D eigenvalue weighted by Crippen LogP contribution is -2.38. The molecule has 0 fully saturated rings. The first-order valence-corrected chi connectivity index (χ1v) is 6.36. The molecule has 4 heteroatoms. The van der Waals surface area contributed by atoms with E-state index in [1.807, 2.05) is 12.1 Å². The Morgan fingerprint density at radius 2 is 2.07 bits per heavy atom. The van der Waals surface area contributed by atoms with Crippen molar-refractivity contribution in [3.63, 3.8) is 0 Å². The van der Waals surface area contributed by atoms with Crippen molar-refractivity contribution >= 4 is 22.9 Å². The Kier molecular flexibility index (Phi) is 5.06. The van der Waals surface area contributed by atoms with E-state index in [1.165, 1.54) is 4.88 Å². The van der Waals surface area contributed by atoms with Gasteiger partial charge in [0.05, 0.1) is 10.9 Å². The second-order valence-corrected chi connectivity index (χ2v) is 5.81. The van der Waals surface area contributed by atoms with Crippen LogP contribution in [0.25, 0.3) is 0 Å². The number of nitrogens with one attached hydrogen (secondary N) is 1. The molecule has 0 aliphatic rings. The van der Waals surface area contributed by atoms with Crippen molar-refractivity contribution in [3.8, 4) is 0 Å². The van der Waals surface area contributed by atoms with Crippen molar-refractivity contribution in [2.45, 2.75) is 32.9 Å². The summed E-state index contributed by atoms with van der Waals surface area (Å²) in [6.45, 7) is 6.46. The summed E-state index contributed by atoms with van der Waals surface area (Å²) in [5.41, 5.74) is 0. The number of aliphatic hydroxyl groups excluding tert-OH is 1. The van der Waals surface area contributed by atoms with Crippen molar-refractivity contribution in [2.75, 3.05) is 6.61 Å². The molecule has 86 valence electrons. The van der Waals surface area contributed by atoms with E-state index in [9.17, 15) is 5.11 Å². The van der Waals surface area contributed by atoms with Gasteiger partial charge in [-0.25, -0.2) is 0 Å². The van der Waals surface area contributed by atoms with E-state index in [-0.39, 0.29) is 18.7 Å². The van der Waals surface area contributed by atoms with Crippen molar-refractivity contribution in [1.82, 2.24) is 5.32 Å². The molecule has 0 aliphatic carbocycles. The Hall–Kier alpha value is -0.0900. The lowest BCUT2D eigenvalue weighted by atomic mass is 10.0. The molecule has 0 saturated heterocycles. The van der Waals surface area contributed by atoms with Crippen LogP contribution in [0, 0.1) is 5.92 Å². The Bertz CT molecular complexity index is 301. The zero-order chi connectivity index (χ0) is 11.4. The SMILES string of the molecule is CC(NC(CO)C(C)C)c1ccc(Cl)s1. The maximum atomic E-state index is 9.21. The van der Waals surface area contributed by atoms with Crippen LogP contribution in [0.5, 0.6) is 0 Å². The molecule has 0 bridgehead atoms. The topological polar surface area (TPSA) is 32.3 Å². The molecule has 2 nitrogen and oxygen atoms in total. The summed E-state index contributed by atoms with van der Waals surface area (Å²) in [6, 6.07) is 4.31. The van der Waals surface area contributed by atoms with Gasteiger partial charge >= 0.3 is 0 Å². The maximum absolute atomic E-state index is 9.21. The van der Waals surface area contributed by atoms with E-state index in [2.05, 4.69) is 26.1 Å². The predicted molar refractivity (Wildman–Crippen MR) is 66.6 cm³/mol. The van der Waals surface area contributed by atoms with Crippen LogP contribution in [0.2, 0.25) is 4.34 Å². The Balaban J connectivity index is 2.58. The van der Waals surface area contributed by atoms with E-state index < -0.39 is 0 Å². The van der Waals surface area contributed by atoms with Crippen LogP contribution in [0.4, 0.5) is 0 Å². The molecule has 2 N–H and O–H groups in total. The normalized spacial score (nSPS) is 15.6. The van der Waals surface area contributed by atoms with Gasteiger partial charge in [0.15, 0.2) is 0 Å². The fourth-order valence-electron chi connectivity index (χ4n) is 1.42. The fourth-order valence-corrected chi connectivity index (χ4v) is 2.49. The highest BCUT2D eigenvalue weighted by molar-refractivity contribution is 7.16. The van der Waals surface area contributed by atoms with Crippen LogP contribution in [-0.2, 0) is 0 Å². The highest BCUT2D eigenvalue weighted by Crippen LogP contribution is 2.27. The number of aliphatic hydroxyl groups is 1. The molecule has 0 aliphatic heterocycles. The molecule has 1 aromatic heterocycles. The highest BCUT2D eigenvalue weighted by Gasteiger charge is 2.16. The van der Waals surface area contributed by atoms with Gasteiger partial charge in [0.2, 0.25) is 0 Å². The third-order valence-corrected chi connectivity index (χ3v) is 3.90. The molecular weight excluding hydrogens is 230 g/mol. The molecule has 1 rings (SSSR count). The lowest BCUT2D eigenvalue weighted by Gasteiger charge is -2.24. The van der Waals surface area contributed by atoms with Crippen LogP contribution in [0.1, 0.15) is 31.7 Å². The van der Waals surface area contributed by atoms with Gasteiger partial charge in [-0.15, -0.1) is 11.3 Å². The summed E-state index contributed by atoms with van der Waals surface area (Å²) in [6.07, 6.45) is 0. The van der Waals surface area contributed by atoms with Crippen LogP contribution in [0.15, 0.2) is 12.1 Å². The van der Waals surface area contributed by atoms with Crippen molar-refractivity contribution in [2.24, 2.45) is 5.92 Å². The van der Waals surface area contributed by atoms with Gasteiger partial charge in [-0.3, -0.25) is 0 Å². The summed E-state index contributed by atoms with van der Waals surface area (Å²) >= 11 is 7.46. The monoisotopic (exact) mass is 247 g/mol. The largest absolute Gasteiger partial charge is 0.395 e. The Morgan fingerprint density at radius 1 is 1.40 bits per heavy atom. The van der Waals surface area contributed by atoms with E-state index in [4.69, 9.17) is 11.6 Å². The molecule has 0 saturated carbocycles. The first-order valence-electron chi connectivity index (χ1n) is 5.16. The minimum atomic E-state index is 0.140. The summed E-state index contributed by atoms with van der Waals surface area (Å²) in [5.74, 6) is 0.424.